The lowest BCUT2D eigenvalue weighted by Crippen LogP contribution is -2.44. The first-order valence-corrected chi connectivity index (χ1v) is 13.1. The van der Waals surface area contributed by atoms with Crippen molar-refractivity contribution < 1.29 is 4.74 Å². The molecule has 0 spiro atoms. The quantitative estimate of drug-likeness (QED) is 0.505. The molecule has 0 radical (unpaired) electrons. The zero-order chi connectivity index (χ0) is 22.8. The van der Waals surface area contributed by atoms with Crippen LogP contribution in [0.15, 0.2) is 30.6 Å². The van der Waals surface area contributed by atoms with Crippen molar-refractivity contribution in [3.05, 3.63) is 36.3 Å². The molecule has 5 rings (SSSR count). The van der Waals surface area contributed by atoms with Crippen LogP contribution in [0.25, 0.3) is 22.4 Å². The normalized spacial score (nSPS) is 22.7. The third-order valence-corrected chi connectivity index (χ3v) is 7.35. The predicted octanol–water partition coefficient (Wildman–Crippen LogP) is 5.54. The fourth-order valence-electron chi connectivity index (χ4n) is 4.39. The number of aromatic nitrogens is 4. The molecular formula is C25H35N5OS. The summed E-state index contributed by atoms with van der Waals surface area (Å²) < 4.78 is 7.86. The summed E-state index contributed by atoms with van der Waals surface area (Å²) in [6.07, 6.45) is 7.39. The summed E-state index contributed by atoms with van der Waals surface area (Å²) in [4.78, 5) is 17.1. The predicted molar refractivity (Wildman–Crippen MR) is 135 cm³/mol. The minimum atomic E-state index is 0.310. The topological polar surface area (TPSA) is 56.1 Å². The first kappa shape index (κ1) is 23.1. The molecule has 3 aromatic heterocycles. The van der Waals surface area contributed by atoms with E-state index in [0.717, 1.165) is 48.0 Å². The van der Waals surface area contributed by atoms with Gasteiger partial charge in [0.15, 0.2) is 5.82 Å². The van der Waals surface area contributed by atoms with E-state index in [1.807, 2.05) is 31.8 Å². The van der Waals surface area contributed by atoms with Crippen LogP contribution in [0.4, 0.5) is 5.82 Å². The standard InChI is InChI=1S/C23H29N5OS.C2H6/c1-14(2)27-8-6-17-16(5-7-24-23(17)27)22-25-19(18-11-20(18)30-4)12-21(26-22)28-9-10-29-13-15(28)3;1-2/h5-8,12,14-15,18,20H,9-11,13H2,1-4H3;1-2H3. The van der Waals surface area contributed by atoms with Crippen molar-refractivity contribution in [2.24, 2.45) is 0 Å². The van der Waals surface area contributed by atoms with Crippen molar-refractivity contribution in [1.82, 2.24) is 19.5 Å². The van der Waals surface area contributed by atoms with Crippen molar-refractivity contribution in [2.45, 2.75) is 64.3 Å². The molecule has 6 nitrogen and oxygen atoms in total. The van der Waals surface area contributed by atoms with E-state index < -0.39 is 0 Å². The van der Waals surface area contributed by atoms with Gasteiger partial charge in [-0.15, -0.1) is 0 Å². The van der Waals surface area contributed by atoms with Gasteiger partial charge in [-0.1, -0.05) is 13.8 Å². The Hall–Kier alpha value is -2.12. The molecule has 1 saturated heterocycles. The number of thioether (sulfide) groups is 1. The van der Waals surface area contributed by atoms with E-state index in [2.05, 4.69) is 65.9 Å². The number of hydrogen-bond acceptors (Lipinski definition) is 6. The highest BCUT2D eigenvalue weighted by Crippen LogP contribution is 2.48. The fraction of sp³-hybridized carbons (Fsp3) is 0.560. The SMILES string of the molecule is CC.CSC1CC1c1cc(N2CCOCC2C)nc(-c2ccnc3c2ccn3C(C)C)n1. The molecule has 0 N–H and O–H groups in total. The Morgan fingerprint density at radius 1 is 1.19 bits per heavy atom. The van der Waals surface area contributed by atoms with Gasteiger partial charge in [0.05, 0.1) is 24.9 Å². The summed E-state index contributed by atoms with van der Waals surface area (Å²) in [6, 6.07) is 7.08. The number of morpholine rings is 1. The van der Waals surface area contributed by atoms with Crippen LogP contribution in [0, 0.1) is 0 Å². The highest BCUT2D eigenvalue weighted by molar-refractivity contribution is 7.99. The molecule has 0 bridgehead atoms. The third kappa shape index (κ3) is 4.37. The Bertz CT molecular complexity index is 1070. The third-order valence-electron chi connectivity index (χ3n) is 6.22. The van der Waals surface area contributed by atoms with Crippen LogP contribution < -0.4 is 4.90 Å². The molecule has 3 aromatic rings. The number of hydrogen-bond donors (Lipinski definition) is 0. The van der Waals surface area contributed by atoms with Gasteiger partial charge in [-0.3, -0.25) is 0 Å². The number of nitrogens with zero attached hydrogens (tertiary/aromatic N) is 5. The van der Waals surface area contributed by atoms with Gasteiger partial charge in [-0.05, 0) is 45.6 Å². The van der Waals surface area contributed by atoms with Gasteiger partial charge in [-0.25, -0.2) is 15.0 Å². The number of ether oxygens (including phenoxy) is 1. The van der Waals surface area contributed by atoms with E-state index >= 15 is 0 Å². The maximum absolute atomic E-state index is 5.66. The van der Waals surface area contributed by atoms with E-state index in [1.165, 1.54) is 12.1 Å². The van der Waals surface area contributed by atoms with Gasteiger partial charge in [0, 0.05) is 53.2 Å². The van der Waals surface area contributed by atoms with Crippen molar-refractivity contribution >= 4 is 28.6 Å². The van der Waals surface area contributed by atoms with Crippen molar-refractivity contribution in [3.8, 4) is 11.4 Å². The average molecular weight is 454 g/mol. The summed E-state index contributed by atoms with van der Waals surface area (Å²) in [5.41, 5.74) is 3.22. The number of fused-ring (bicyclic) bond motifs is 1. The highest BCUT2D eigenvalue weighted by atomic mass is 32.2. The van der Waals surface area contributed by atoms with Gasteiger partial charge < -0.3 is 14.2 Å². The van der Waals surface area contributed by atoms with E-state index in [0.29, 0.717) is 23.3 Å². The maximum atomic E-state index is 5.66. The van der Waals surface area contributed by atoms with E-state index in [-0.39, 0.29) is 0 Å². The van der Waals surface area contributed by atoms with E-state index in [9.17, 15) is 0 Å². The van der Waals surface area contributed by atoms with Gasteiger partial charge in [0.2, 0.25) is 0 Å². The molecule has 3 unspecified atom stereocenters. The Morgan fingerprint density at radius 3 is 2.69 bits per heavy atom. The zero-order valence-electron chi connectivity index (χ0n) is 20.1. The molecule has 0 aromatic carbocycles. The number of rotatable bonds is 5. The monoisotopic (exact) mass is 453 g/mol. The van der Waals surface area contributed by atoms with Crippen LogP contribution in [-0.2, 0) is 4.74 Å². The lowest BCUT2D eigenvalue weighted by atomic mass is 10.1. The minimum Gasteiger partial charge on any atom is -0.377 e. The molecule has 0 amide bonds. The Balaban J connectivity index is 0.00000119. The molecule has 1 saturated carbocycles. The summed E-state index contributed by atoms with van der Waals surface area (Å²) in [5.74, 6) is 2.35. The lowest BCUT2D eigenvalue weighted by molar-refractivity contribution is 0.0985. The second kappa shape index (κ2) is 9.79. The first-order chi connectivity index (χ1) is 15.6. The van der Waals surface area contributed by atoms with Crippen molar-refractivity contribution in [2.75, 3.05) is 30.9 Å². The molecule has 2 aliphatic rings. The summed E-state index contributed by atoms with van der Waals surface area (Å²) in [6.45, 7) is 12.9. The Labute approximate surface area is 195 Å². The molecule has 1 aliphatic carbocycles. The largest absolute Gasteiger partial charge is 0.377 e. The van der Waals surface area contributed by atoms with E-state index in [4.69, 9.17) is 14.7 Å². The minimum absolute atomic E-state index is 0.310. The summed E-state index contributed by atoms with van der Waals surface area (Å²) >= 11 is 1.94. The molecule has 32 heavy (non-hydrogen) atoms. The van der Waals surface area contributed by atoms with Crippen molar-refractivity contribution in [1.29, 1.82) is 0 Å². The molecule has 172 valence electrons. The molecule has 4 heterocycles. The van der Waals surface area contributed by atoms with Gasteiger partial charge >= 0.3 is 0 Å². The van der Waals surface area contributed by atoms with Crippen LogP contribution in [0.1, 0.15) is 58.7 Å². The summed E-state index contributed by atoms with van der Waals surface area (Å²) in [5, 5.41) is 1.78. The van der Waals surface area contributed by atoms with E-state index in [1.54, 1.807) is 0 Å². The van der Waals surface area contributed by atoms with Gasteiger partial charge in [0.1, 0.15) is 11.5 Å². The van der Waals surface area contributed by atoms with Gasteiger partial charge in [-0.2, -0.15) is 11.8 Å². The van der Waals surface area contributed by atoms with Crippen LogP contribution in [0.3, 0.4) is 0 Å². The second-order valence-electron chi connectivity index (χ2n) is 8.62. The van der Waals surface area contributed by atoms with Crippen molar-refractivity contribution in [3.63, 3.8) is 0 Å². The molecule has 3 atom stereocenters. The van der Waals surface area contributed by atoms with Crippen LogP contribution >= 0.6 is 11.8 Å². The fourth-order valence-corrected chi connectivity index (χ4v) is 5.26. The molecule has 1 aliphatic heterocycles. The van der Waals surface area contributed by atoms with Crippen LogP contribution in [0.2, 0.25) is 0 Å². The first-order valence-electron chi connectivity index (χ1n) is 11.8. The molecule has 2 fully saturated rings. The highest BCUT2D eigenvalue weighted by Gasteiger charge is 2.39. The van der Waals surface area contributed by atoms with Gasteiger partial charge in [0.25, 0.3) is 0 Å². The number of pyridine rings is 1. The number of anilines is 1. The lowest BCUT2D eigenvalue weighted by Gasteiger charge is -2.34. The smallest absolute Gasteiger partial charge is 0.162 e. The second-order valence-corrected chi connectivity index (χ2v) is 9.70. The Morgan fingerprint density at radius 2 is 2.00 bits per heavy atom. The molecular weight excluding hydrogens is 418 g/mol. The zero-order valence-corrected chi connectivity index (χ0v) is 20.9. The Kier molecular flexibility index (Phi) is 7.05. The van der Waals surface area contributed by atoms with Crippen LogP contribution in [-0.4, -0.2) is 56.8 Å². The summed E-state index contributed by atoms with van der Waals surface area (Å²) in [7, 11) is 0. The average Bonchev–Trinajstić information content (AvgIpc) is 3.49. The van der Waals surface area contributed by atoms with Crippen LogP contribution in [0.5, 0.6) is 0 Å². The maximum Gasteiger partial charge on any atom is 0.162 e. The molecule has 7 heteroatoms.